The third-order valence-electron chi connectivity index (χ3n) is 3.53. The lowest BCUT2D eigenvalue weighted by atomic mass is 10.2. The van der Waals surface area contributed by atoms with Gasteiger partial charge in [-0.2, -0.15) is 0 Å². The Morgan fingerprint density at radius 2 is 2.04 bits per heavy atom. The first-order chi connectivity index (χ1) is 12.3. The fraction of sp³-hybridized carbons (Fsp3) is 0.353. The minimum absolute atomic E-state index is 0.0760. The third-order valence-corrected chi connectivity index (χ3v) is 4.66. The molecule has 1 heterocycles. The second-order valence-electron chi connectivity index (χ2n) is 5.76. The lowest BCUT2D eigenvalue weighted by Gasteiger charge is -2.18. The van der Waals surface area contributed by atoms with E-state index in [0.717, 1.165) is 12.1 Å². The molecule has 1 aromatic carbocycles. The van der Waals surface area contributed by atoms with Crippen LogP contribution >= 0.6 is 11.8 Å². The first-order valence-corrected chi connectivity index (χ1v) is 8.85. The number of carbonyl (C=O) groups is 2. The molecule has 1 N–H and O–H groups in total. The maximum absolute atomic E-state index is 13.2. The molecule has 0 saturated heterocycles. The fourth-order valence-electron chi connectivity index (χ4n) is 2.04. The number of carbonyl (C=O) groups excluding carboxylic acids is 2. The number of benzene rings is 1. The average Bonchev–Trinajstić information content (AvgIpc) is 3.00. The van der Waals surface area contributed by atoms with E-state index < -0.39 is 16.9 Å². The number of thioether (sulfide) groups is 1. The Morgan fingerprint density at radius 1 is 1.31 bits per heavy atom. The van der Waals surface area contributed by atoms with Gasteiger partial charge in [-0.1, -0.05) is 11.2 Å². The van der Waals surface area contributed by atoms with E-state index in [1.54, 1.807) is 27.0 Å². The quantitative estimate of drug-likeness (QED) is 0.796. The predicted octanol–water partition coefficient (Wildman–Crippen LogP) is 2.98. The topological polar surface area (TPSA) is 75.4 Å². The van der Waals surface area contributed by atoms with Crippen LogP contribution in [0.15, 0.2) is 28.8 Å². The van der Waals surface area contributed by atoms with Crippen molar-refractivity contribution in [3.63, 3.8) is 0 Å². The number of hydrogen-bond acceptors (Lipinski definition) is 5. The van der Waals surface area contributed by atoms with Crippen molar-refractivity contribution in [2.45, 2.75) is 25.6 Å². The van der Waals surface area contributed by atoms with Crippen molar-refractivity contribution in [3.05, 3.63) is 47.2 Å². The van der Waals surface area contributed by atoms with Gasteiger partial charge < -0.3 is 14.7 Å². The first kappa shape index (κ1) is 19.9. The van der Waals surface area contributed by atoms with Gasteiger partial charge in [-0.3, -0.25) is 9.59 Å². The minimum atomic E-state index is -0.953. The van der Waals surface area contributed by atoms with Gasteiger partial charge in [-0.15, -0.1) is 11.8 Å². The zero-order valence-corrected chi connectivity index (χ0v) is 15.4. The van der Waals surface area contributed by atoms with Gasteiger partial charge in [-0.05, 0) is 31.5 Å². The zero-order chi connectivity index (χ0) is 19.3. The van der Waals surface area contributed by atoms with Crippen LogP contribution in [0.1, 0.15) is 18.2 Å². The summed E-state index contributed by atoms with van der Waals surface area (Å²) in [5.74, 6) is -1.42. The Labute approximate surface area is 153 Å². The first-order valence-electron chi connectivity index (χ1n) is 7.80. The van der Waals surface area contributed by atoms with Crippen LogP contribution in [0.25, 0.3) is 0 Å². The highest BCUT2D eigenvalue weighted by Crippen LogP contribution is 2.16. The smallest absolute Gasteiger partial charge is 0.238 e. The molecule has 1 unspecified atom stereocenters. The van der Waals surface area contributed by atoms with Crippen LogP contribution in [0.3, 0.4) is 0 Å². The summed E-state index contributed by atoms with van der Waals surface area (Å²) in [5, 5.41) is 5.79. The Bertz CT molecular complexity index is 797. The molecule has 9 heteroatoms. The van der Waals surface area contributed by atoms with Crippen LogP contribution in [0.5, 0.6) is 0 Å². The van der Waals surface area contributed by atoms with E-state index >= 15 is 0 Å². The Morgan fingerprint density at radius 3 is 2.65 bits per heavy atom. The molecule has 2 rings (SSSR count). The van der Waals surface area contributed by atoms with Crippen molar-refractivity contribution < 1.29 is 22.9 Å². The summed E-state index contributed by atoms with van der Waals surface area (Å²) in [6.07, 6.45) is 0. The number of amides is 2. The highest BCUT2D eigenvalue weighted by molar-refractivity contribution is 8.01. The van der Waals surface area contributed by atoms with Gasteiger partial charge in [0.2, 0.25) is 11.8 Å². The minimum Gasteiger partial charge on any atom is -0.360 e. The molecule has 0 bridgehead atoms. The molecule has 140 valence electrons. The lowest BCUT2D eigenvalue weighted by molar-refractivity contribution is -0.127. The van der Waals surface area contributed by atoms with Crippen molar-refractivity contribution in [2.24, 2.45) is 0 Å². The maximum Gasteiger partial charge on any atom is 0.238 e. The number of aryl methyl sites for hydroxylation is 1. The van der Waals surface area contributed by atoms with Crippen LogP contribution in [0.4, 0.5) is 14.6 Å². The maximum atomic E-state index is 13.2. The number of aromatic nitrogens is 1. The molecule has 0 aliphatic rings. The molecule has 26 heavy (non-hydrogen) atoms. The van der Waals surface area contributed by atoms with Crippen molar-refractivity contribution >= 4 is 29.4 Å². The summed E-state index contributed by atoms with van der Waals surface area (Å²) < 4.78 is 31.0. The van der Waals surface area contributed by atoms with Gasteiger partial charge >= 0.3 is 0 Å². The number of rotatable bonds is 7. The Hall–Kier alpha value is -2.42. The van der Waals surface area contributed by atoms with E-state index in [9.17, 15) is 18.4 Å². The van der Waals surface area contributed by atoms with E-state index in [0.29, 0.717) is 17.1 Å². The molecule has 1 aromatic heterocycles. The summed E-state index contributed by atoms with van der Waals surface area (Å²) in [5.41, 5.74) is 0.483. The normalized spacial score (nSPS) is 11.9. The van der Waals surface area contributed by atoms with E-state index in [1.807, 2.05) is 0 Å². The van der Waals surface area contributed by atoms with Crippen LogP contribution in [-0.4, -0.2) is 39.9 Å². The monoisotopic (exact) mass is 383 g/mol. The van der Waals surface area contributed by atoms with Crippen molar-refractivity contribution in [2.75, 3.05) is 18.1 Å². The summed E-state index contributed by atoms with van der Waals surface area (Å²) in [6.45, 7) is 3.54. The van der Waals surface area contributed by atoms with Crippen molar-refractivity contribution in [1.82, 2.24) is 10.1 Å². The van der Waals surface area contributed by atoms with Crippen LogP contribution in [0, 0.1) is 18.6 Å². The summed E-state index contributed by atoms with van der Waals surface area (Å²) >= 11 is 1.17. The summed E-state index contributed by atoms with van der Waals surface area (Å²) in [6, 6.07) is 5.10. The SMILES string of the molecule is Cc1cc(NC(=O)C(C)SCC(=O)N(C)Cc2ccc(F)c(F)c2)no1. The van der Waals surface area contributed by atoms with Gasteiger partial charge in [0.15, 0.2) is 17.5 Å². The van der Waals surface area contributed by atoms with E-state index in [-0.39, 0.29) is 24.1 Å². The largest absolute Gasteiger partial charge is 0.360 e. The number of hydrogen-bond donors (Lipinski definition) is 1. The molecule has 2 amide bonds. The van der Waals surface area contributed by atoms with Crippen LogP contribution < -0.4 is 5.32 Å². The Balaban J connectivity index is 1.80. The van der Waals surface area contributed by atoms with Crippen LogP contribution in [-0.2, 0) is 16.1 Å². The molecule has 0 aliphatic heterocycles. The zero-order valence-electron chi connectivity index (χ0n) is 14.6. The number of nitrogens with zero attached hydrogens (tertiary/aromatic N) is 2. The number of nitrogens with one attached hydrogen (secondary N) is 1. The van der Waals surface area contributed by atoms with Gasteiger partial charge in [0, 0.05) is 19.7 Å². The third kappa shape index (κ3) is 5.55. The summed E-state index contributed by atoms with van der Waals surface area (Å²) in [4.78, 5) is 25.6. The highest BCUT2D eigenvalue weighted by atomic mass is 32.2. The molecular formula is C17H19F2N3O3S. The second kappa shape index (κ2) is 8.79. The van der Waals surface area contributed by atoms with E-state index in [4.69, 9.17) is 4.52 Å². The second-order valence-corrected chi connectivity index (χ2v) is 7.09. The molecule has 0 saturated carbocycles. The van der Waals surface area contributed by atoms with Gasteiger partial charge in [-0.25, -0.2) is 8.78 Å². The van der Waals surface area contributed by atoms with E-state index in [2.05, 4.69) is 10.5 Å². The standard InChI is InChI=1S/C17H19F2N3O3S/c1-10-6-15(21-25-10)20-17(24)11(2)26-9-16(23)22(3)8-12-4-5-13(18)14(19)7-12/h4-7,11H,8-9H2,1-3H3,(H,20,21,24). The molecule has 0 radical (unpaired) electrons. The van der Waals surface area contributed by atoms with E-state index in [1.165, 1.54) is 22.7 Å². The Kier molecular flexibility index (Phi) is 6.73. The molecular weight excluding hydrogens is 364 g/mol. The fourth-order valence-corrected chi connectivity index (χ4v) is 2.86. The number of anilines is 1. The van der Waals surface area contributed by atoms with Gasteiger partial charge in [0.05, 0.1) is 11.0 Å². The predicted molar refractivity (Wildman–Crippen MR) is 94.6 cm³/mol. The average molecular weight is 383 g/mol. The van der Waals surface area contributed by atoms with Gasteiger partial charge in [0.1, 0.15) is 5.76 Å². The summed E-state index contributed by atoms with van der Waals surface area (Å²) in [7, 11) is 1.56. The van der Waals surface area contributed by atoms with Gasteiger partial charge in [0.25, 0.3) is 0 Å². The number of halogens is 2. The van der Waals surface area contributed by atoms with Crippen LogP contribution in [0.2, 0.25) is 0 Å². The molecule has 6 nitrogen and oxygen atoms in total. The molecule has 2 aromatic rings. The highest BCUT2D eigenvalue weighted by Gasteiger charge is 2.18. The van der Waals surface area contributed by atoms with Crippen molar-refractivity contribution in [1.29, 1.82) is 0 Å². The molecule has 0 aliphatic carbocycles. The molecule has 0 spiro atoms. The molecule has 1 atom stereocenters. The lowest BCUT2D eigenvalue weighted by Crippen LogP contribution is -2.30. The molecule has 0 fully saturated rings. The van der Waals surface area contributed by atoms with Crippen molar-refractivity contribution in [3.8, 4) is 0 Å².